The molecule has 0 bridgehead atoms. The minimum absolute atomic E-state index is 0.0290. The number of amides is 1. The summed E-state index contributed by atoms with van der Waals surface area (Å²) in [5.41, 5.74) is 2.88. The summed E-state index contributed by atoms with van der Waals surface area (Å²) in [4.78, 5) is 16.6. The molecule has 24 heavy (non-hydrogen) atoms. The second kappa shape index (κ2) is 6.32. The van der Waals surface area contributed by atoms with Crippen LogP contribution in [0.25, 0.3) is 5.65 Å². The molecule has 1 saturated carbocycles. The van der Waals surface area contributed by atoms with E-state index in [1.165, 1.54) is 19.3 Å². The van der Waals surface area contributed by atoms with Gasteiger partial charge in [0.2, 0.25) is 5.91 Å². The van der Waals surface area contributed by atoms with Crippen molar-refractivity contribution >= 4 is 22.9 Å². The number of hydrogen-bond donors (Lipinski definition) is 1. The van der Waals surface area contributed by atoms with Gasteiger partial charge in [0.25, 0.3) is 0 Å². The van der Waals surface area contributed by atoms with Crippen LogP contribution in [-0.2, 0) is 17.8 Å². The number of hydrogen-bond acceptors (Lipinski definition) is 5. The van der Waals surface area contributed by atoms with Crippen molar-refractivity contribution in [1.29, 1.82) is 0 Å². The summed E-state index contributed by atoms with van der Waals surface area (Å²) < 4.78 is 1.97. The highest BCUT2D eigenvalue weighted by atomic mass is 32.1. The summed E-state index contributed by atoms with van der Waals surface area (Å²) in [6, 6.07) is 3.98. The highest BCUT2D eigenvalue weighted by molar-refractivity contribution is 7.11. The van der Waals surface area contributed by atoms with E-state index in [9.17, 15) is 4.79 Å². The zero-order chi connectivity index (χ0) is 16.5. The first-order chi connectivity index (χ1) is 11.7. The summed E-state index contributed by atoms with van der Waals surface area (Å²) in [5.74, 6) is 0.562. The van der Waals surface area contributed by atoms with Crippen LogP contribution < -0.4 is 5.32 Å². The van der Waals surface area contributed by atoms with E-state index >= 15 is 0 Å². The number of imidazole rings is 1. The van der Waals surface area contributed by atoms with Crippen molar-refractivity contribution in [1.82, 2.24) is 24.9 Å². The van der Waals surface area contributed by atoms with Crippen LogP contribution in [0.1, 0.15) is 46.5 Å². The Hall–Kier alpha value is -2.28. The molecular weight excluding hydrogens is 322 g/mol. The van der Waals surface area contributed by atoms with E-state index in [1.54, 1.807) is 17.5 Å². The fraction of sp³-hybridized carbons (Fsp3) is 0.412. The van der Waals surface area contributed by atoms with Crippen LogP contribution in [0.3, 0.4) is 0 Å². The maximum atomic E-state index is 12.2. The fourth-order valence-corrected chi connectivity index (χ4v) is 3.84. The molecule has 1 fully saturated rings. The number of nitrogens with zero attached hydrogens (tertiary/aromatic N) is 4. The van der Waals surface area contributed by atoms with Crippen LogP contribution >= 0.6 is 11.3 Å². The van der Waals surface area contributed by atoms with Gasteiger partial charge in [0.05, 0.1) is 18.7 Å². The Morgan fingerprint density at radius 3 is 3.08 bits per heavy atom. The number of carbonyl (C=O) groups is 1. The van der Waals surface area contributed by atoms with Crippen LogP contribution in [-0.4, -0.2) is 25.5 Å². The Bertz CT molecular complexity index is 880. The van der Waals surface area contributed by atoms with E-state index in [-0.39, 0.29) is 5.91 Å². The first-order valence-corrected chi connectivity index (χ1v) is 9.03. The standard InChI is InChI=1S/C17H19N5OS/c1-11-4-3-7-22-13(9-19-16(11)22)8-14(23)18-10-15-20-21-17(24-15)12-5-2-6-12/h3-4,7,9,12H,2,5-6,8,10H2,1H3,(H,18,23). The average molecular weight is 341 g/mol. The third-order valence-electron chi connectivity index (χ3n) is 4.52. The molecular formula is C17H19N5OS. The lowest BCUT2D eigenvalue weighted by Gasteiger charge is -2.21. The number of aryl methyl sites for hydroxylation is 1. The number of pyridine rings is 1. The highest BCUT2D eigenvalue weighted by Crippen LogP contribution is 2.37. The molecule has 3 heterocycles. The summed E-state index contributed by atoms with van der Waals surface area (Å²) in [6.07, 6.45) is 7.73. The zero-order valence-electron chi connectivity index (χ0n) is 13.5. The predicted molar refractivity (Wildman–Crippen MR) is 92.0 cm³/mol. The lowest BCUT2D eigenvalue weighted by Crippen LogP contribution is -2.25. The van der Waals surface area contributed by atoms with E-state index in [2.05, 4.69) is 20.5 Å². The topological polar surface area (TPSA) is 72.2 Å². The summed E-state index contributed by atoms with van der Waals surface area (Å²) in [5, 5.41) is 13.4. The normalized spacial score (nSPS) is 14.7. The molecule has 0 aromatic carbocycles. The highest BCUT2D eigenvalue weighted by Gasteiger charge is 2.23. The molecule has 4 rings (SSSR count). The molecule has 0 saturated heterocycles. The molecule has 0 atom stereocenters. The lowest BCUT2D eigenvalue weighted by molar-refractivity contribution is -0.120. The van der Waals surface area contributed by atoms with Crippen molar-refractivity contribution in [2.24, 2.45) is 0 Å². The maximum Gasteiger partial charge on any atom is 0.226 e. The van der Waals surface area contributed by atoms with Crippen molar-refractivity contribution in [3.05, 3.63) is 45.8 Å². The smallest absolute Gasteiger partial charge is 0.226 e. The molecule has 124 valence electrons. The number of carbonyl (C=O) groups excluding carboxylic acids is 1. The Morgan fingerprint density at radius 2 is 2.29 bits per heavy atom. The van der Waals surface area contributed by atoms with Gasteiger partial charge in [-0.3, -0.25) is 4.79 Å². The van der Waals surface area contributed by atoms with Crippen LogP contribution in [0.15, 0.2) is 24.5 Å². The maximum absolute atomic E-state index is 12.2. The van der Waals surface area contributed by atoms with E-state index in [0.29, 0.717) is 18.9 Å². The summed E-state index contributed by atoms with van der Waals surface area (Å²) in [6.45, 7) is 2.46. The Morgan fingerprint density at radius 1 is 1.42 bits per heavy atom. The van der Waals surface area contributed by atoms with E-state index in [1.807, 2.05) is 29.7 Å². The molecule has 0 spiro atoms. The zero-order valence-corrected chi connectivity index (χ0v) is 14.3. The largest absolute Gasteiger partial charge is 0.349 e. The molecule has 1 N–H and O–H groups in total. The van der Waals surface area contributed by atoms with Crippen LogP contribution in [0.5, 0.6) is 0 Å². The van der Waals surface area contributed by atoms with Gasteiger partial charge >= 0.3 is 0 Å². The molecule has 0 radical (unpaired) electrons. The molecule has 1 amide bonds. The van der Waals surface area contributed by atoms with Gasteiger partial charge in [-0.25, -0.2) is 4.98 Å². The first kappa shape index (κ1) is 15.3. The SMILES string of the molecule is Cc1cccn2c(CC(=O)NCc3nnc(C4CCC4)s3)cnc12. The van der Waals surface area contributed by atoms with Crippen molar-refractivity contribution < 1.29 is 4.79 Å². The third kappa shape index (κ3) is 2.91. The van der Waals surface area contributed by atoms with E-state index < -0.39 is 0 Å². The quantitative estimate of drug-likeness (QED) is 0.774. The third-order valence-corrected chi connectivity index (χ3v) is 5.61. The first-order valence-electron chi connectivity index (χ1n) is 8.21. The van der Waals surface area contributed by atoms with Gasteiger partial charge in [-0.1, -0.05) is 23.8 Å². The Labute approximate surface area is 143 Å². The van der Waals surface area contributed by atoms with Crippen LogP contribution in [0.2, 0.25) is 0 Å². The Kier molecular flexibility index (Phi) is 4.02. The van der Waals surface area contributed by atoms with E-state index in [0.717, 1.165) is 26.9 Å². The van der Waals surface area contributed by atoms with Gasteiger partial charge in [-0.15, -0.1) is 10.2 Å². The molecule has 6 nitrogen and oxygen atoms in total. The molecule has 0 aliphatic heterocycles. The van der Waals surface area contributed by atoms with Gasteiger partial charge in [0.15, 0.2) is 0 Å². The molecule has 7 heteroatoms. The van der Waals surface area contributed by atoms with Crippen LogP contribution in [0.4, 0.5) is 0 Å². The molecule has 0 unspecified atom stereocenters. The van der Waals surface area contributed by atoms with Gasteiger partial charge < -0.3 is 9.72 Å². The van der Waals surface area contributed by atoms with Gasteiger partial charge in [-0.05, 0) is 31.4 Å². The van der Waals surface area contributed by atoms with Crippen molar-refractivity contribution in [2.45, 2.75) is 45.1 Å². The van der Waals surface area contributed by atoms with Crippen molar-refractivity contribution in [3.8, 4) is 0 Å². The van der Waals surface area contributed by atoms with Gasteiger partial charge in [0, 0.05) is 18.3 Å². The summed E-state index contributed by atoms with van der Waals surface area (Å²) >= 11 is 1.62. The molecule has 1 aliphatic carbocycles. The van der Waals surface area contributed by atoms with E-state index in [4.69, 9.17) is 0 Å². The van der Waals surface area contributed by atoms with Gasteiger partial charge in [-0.2, -0.15) is 0 Å². The molecule has 3 aromatic rings. The minimum Gasteiger partial charge on any atom is -0.349 e. The van der Waals surface area contributed by atoms with Crippen LogP contribution in [0, 0.1) is 6.92 Å². The monoisotopic (exact) mass is 341 g/mol. The average Bonchev–Trinajstić information content (AvgIpc) is 3.12. The number of nitrogens with one attached hydrogen (secondary N) is 1. The second-order valence-electron chi connectivity index (χ2n) is 6.25. The van der Waals surface area contributed by atoms with Crippen molar-refractivity contribution in [3.63, 3.8) is 0 Å². The second-order valence-corrected chi connectivity index (χ2v) is 7.34. The minimum atomic E-state index is -0.0290. The summed E-state index contributed by atoms with van der Waals surface area (Å²) in [7, 11) is 0. The van der Waals surface area contributed by atoms with Gasteiger partial charge in [0.1, 0.15) is 15.7 Å². The number of fused-ring (bicyclic) bond motifs is 1. The fourth-order valence-electron chi connectivity index (χ4n) is 2.89. The predicted octanol–water partition coefficient (Wildman–Crippen LogP) is 2.62. The van der Waals surface area contributed by atoms with Crippen molar-refractivity contribution in [2.75, 3.05) is 0 Å². The molecule has 3 aromatic heterocycles. The number of rotatable bonds is 5. The Balaban J connectivity index is 1.37. The molecule has 1 aliphatic rings. The lowest BCUT2D eigenvalue weighted by atomic mass is 9.86. The number of aromatic nitrogens is 4.